The van der Waals surface area contributed by atoms with Gasteiger partial charge in [0.1, 0.15) is 5.75 Å². The summed E-state index contributed by atoms with van der Waals surface area (Å²) >= 11 is 0. The molecule has 0 bridgehead atoms. The number of nitrogens with two attached hydrogens (primary N) is 1. The monoisotopic (exact) mass is 363 g/mol. The van der Waals surface area contributed by atoms with Crippen molar-refractivity contribution in [3.8, 4) is 5.75 Å². The van der Waals surface area contributed by atoms with E-state index < -0.39 is 7.12 Å². The van der Waals surface area contributed by atoms with Crippen LogP contribution in [-0.2, 0) is 12.0 Å². The second kappa shape index (κ2) is 6.62. The van der Waals surface area contributed by atoms with Crippen LogP contribution in [-0.4, -0.2) is 23.7 Å². The van der Waals surface area contributed by atoms with Crippen molar-refractivity contribution in [1.82, 2.24) is 0 Å². The summed E-state index contributed by atoms with van der Waals surface area (Å²) in [5.41, 5.74) is 8.86. The lowest BCUT2D eigenvalue weighted by molar-refractivity contribution is 0.0971. The van der Waals surface area contributed by atoms with Crippen molar-refractivity contribution in [3.63, 3.8) is 0 Å². The van der Waals surface area contributed by atoms with Crippen LogP contribution in [0.4, 0.5) is 0 Å². The molecule has 3 N–H and O–H groups in total. The molecule has 2 aromatic carbocycles. The maximum absolute atomic E-state index is 12.8. The van der Waals surface area contributed by atoms with Gasteiger partial charge in [-0.2, -0.15) is 0 Å². The van der Waals surface area contributed by atoms with E-state index >= 15 is 0 Å². The van der Waals surface area contributed by atoms with E-state index in [4.69, 9.17) is 10.4 Å². The highest BCUT2D eigenvalue weighted by atomic mass is 16.5. The molecule has 1 aliphatic carbocycles. The Morgan fingerprint density at radius 3 is 2.70 bits per heavy atom. The molecule has 6 heteroatoms. The van der Waals surface area contributed by atoms with E-state index in [0.29, 0.717) is 23.3 Å². The van der Waals surface area contributed by atoms with Gasteiger partial charge in [-0.15, -0.1) is 0 Å². The minimum Gasteiger partial charge on any atom is -0.535 e. The van der Waals surface area contributed by atoms with Crippen LogP contribution in [0.25, 0.3) is 0 Å². The summed E-state index contributed by atoms with van der Waals surface area (Å²) in [5.74, 6) is -0.0771. The maximum atomic E-state index is 12.8. The van der Waals surface area contributed by atoms with Crippen molar-refractivity contribution in [2.24, 2.45) is 5.73 Å². The lowest BCUT2D eigenvalue weighted by atomic mass is 9.64. The van der Waals surface area contributed by atoms with E-state index in [-0.39, 0.29) is 29.3 Å². The smallest absolute Gasteiger partial charge is 0.526 e. The predicted molar refractivity (Wildman–Crippen MR) is 103 cm³/mol. The number of Topliss-reactive ketones (excluding diaryl/α,β-unsaturated/α-hetero) is 2. The van der Waals surface area contributed by atoms with Crippen molar-refractivity contribution in [3.05, 3.63) is 64.7 Å². The summed E-state index contributed by atoms with van der Waals surface area (Å²) in [6, 6.07) is 12.8. The van der Waals surface area contributed by atoms with Gasteiger partial charge < -0.3 is 15.4 Å². The Balaban J connectivity index is 1.53. The largest absolute Gasteiger partial charge is 0.535 e. The molecule has 2 aliphatic rings. The number of carbonyl (C=O) groups excluding carboxylic acids is 2. The third kappa shape index (κ3) is 3.43. The van der Waals surface area contributed by atoms with Crippen LogP contribution >= 0.6 is 0 Å². The number of ketones is 2. The molecule has 1 fully saturated rings. The first-order valence-electron chi connectivity index (χ1n) is 9.27. The first-order valence-corrected chi connectivity index (χ1v) is 9.27. The van der Waals surface area contributed by atoms with Gasteiger partial charge in [0.15, 0.2) is 11.6 Å². The Kier molecular flexibility index (Phi) is 4.40. The van der Waals surface area contributed by atoms with Crippen molar-refractivity contribution in [2.75, 3.05) is 0 Å². The van der Waals surface area contributed by atoms with Crippen LogP contribution in [0.3, 0.4) is 0 Å². The van der Waals surface area contributed by atoms with Crippen LogP contribution in [0.5, 0.6) is 5.75 Å². The van der Waals surface area contributed by atoms with Gasteiger partial charge in [0, 0.05) is 23.3 Å². The van der Waals surface area contributed by atoms with Gasteiger partial charge in [-0.05, 0) is 49.4 Å². The van der Waals surface area contributed by atoms with Crippen molar-refractivity contribution < 1.29 is 19.3 Å². The van der Waals surface area contributed by atoms with Gasteiger partial charge in [-0.25, -0.2) is 0 Å². The molecule has 5 nitrogen and oxygen atoms in total. The zero-order valence-electron chi connectivity index (χ0n) is 15.3. The molecule has 0 unspecified atom stereocenters. The summed E-state index contributed by atoms with van der Waals surface area (Å²) < 4.78 is 5.62. The van der Waals surface area contributed by atoms with Gasteiger partial charge >= 0.3 is 7.12 Å². The number of hydrogen-bond donors (Lipinski definition) is 2. The number of fused-ring (bicyclic) bond motifs is 1. The highest BCUT2D eigenvalue weighted by Gasteiger charge is 2.41. The quantitative estimate of drug-likeness (QED) is 0.630. The van der Waals surface area contributed by atoms with Crippen molar-refractivity contribution in [1.29, 1.82) is 0 Å². The number of hydrogen-bond acceptors (Lipinski definition) is 5. The van der Waals surface area contributed by atoms with Gasteiger partial charge in [0.25, 0.3) is 0 Å². The zero-order valence-corrected chi connectivity index (χ0v) is 15.3. The number of para-hydroxylation sites is 1. The first-order chi connectivity index (χ1) is 12.9. The van der Waals surface area contributed by atoms with E-state index in [1.54, 1.807) is 18.2 Å². The molecule has 0 saturated heterocycles. The molecule has 27 heavy (non-hydrogen) atoms. The molecule has 0 spiro atoms. The van der Waals surface area contributed by atoms with Crippen molar-refractivity contribution >= 4 is 18.7 Å². The Morgan fingerprint density at radius 2 is 2.00 bits per heavy atom. The Bertz CT molecular complexity index is 922. The molecular weight excluding hydrogens is 341 g/mol. The highest BCUT2D eigenvalue weighted by molar-refractivity contribution is 6.47. The second-order valence-corrected chi connectivity index (χ2v) is 7.69. The Labute approximate surface area is 158 Å². The average molecular weight is 363 g/mol. The van der Waals surface area contributed by atoms with E-state index in [9.17, 15) is 14.6 Å². The van der Waals surface area contributed by atoms with E-state index in [1.807, 2.05) is 24.3 Å². The third-order valence-corrected chi connectivity index (χ3v) is 5.60. The van der Waals surface area contributed by atoms with Crippen LogP contribution < -0.4 is 10.4 Å². The fourth-order valence-corrected chi connectivity index (χ4v) is 3.72. The second-order valence-electron chi connectivity index (χ2n) is 7.69. The maximum Gasteiger partial charge on any atom is 0.526 e. The lowest BCUT2D eigenvalue weighted by Crippen LogP contribution is -2.35. The molecule has 1 saturated carbocycles. The van der Waals surface area contributed by atoms with Crippen molar-refractivity contribution in [2.45, 2.75) is 44.0 Å². The van der Waals surface area contributed by atoms with Crippen LogP contribution in [0.2, 0.25) is 5.82 Å². The molecule has 0 radical (unpaired) electrons. The lowest BCUT2D eigenvalue weighted by Gasteiger charge is -2.28. The number of carbonyl (C=O) groups is 2. The highest BCUT2D eigenvalue weighted by Crippen LogP contribution is 2.43. The minimum atomic E-state index is -1.12. The van der Waals surface area contributed by atoms with Gasteiger partial charge in [0.05, 0.1) is 5.56 Å². The van der Waals surface area contributed by atoms with E-state index in [1.165, 1.54) is 6.92 Å². The molecule has 0 amide bonds. The third-order valence-electron chi connectivity index (χ3n) is 5.60. The molecule has 0 aromatic heterocycles. The standard InChI is InChI=1S/C21H22BNO4/c1-13(24)18-7-3-5-15-11-17(22(26)27-20(15)18)12-19(25)14-4-2-6-16(10-14)21(23)8-9-21/h2-7,10,17,26H,8-9,11-12,23H2,1H3/t17-/m1/s1. The van der Waals surface area contributed by atoms with Gasteiger partial charge in [-0.1, -0.05) is 30.3 Å². The Hall–Kier alpha value is -2.44. The van der Waals surface area contributed by atoms with Gasteiger partial charge in [-0.3, -0.25) is 9.59 Å². The first kappa shape index (κ1) is 18.0. The van der Waals surface area contributed by atoms with Gasteiger partial charge in [0.2, 0.25) is 0 Å². The summed E-state index contributed by atoms with van der Waals surface area (Å²) in [5, 5.41) is 10.4. The average Bonchev–Trinajstić information content (AvgIpc) is 3.40. The summed E-state index contributed by atoms with van der Waals surface area (Å²) in [6.07, 6.45) is 2.54. The topological polar surface area (TPSA) is 89.6 Å². The fourth-order valence-electron chi connectivity index (χ4n) is 3.72. The molecule has 2 aromatic rings. The van der Waals surface area contributed by atoms with E-state index in [0.717, 1.165) is 24.0 Å². The predicted octanol–water partition coefficient (Wildman–Crippen LogP) is 2.90. The molecule has 4 rings (SSSR count). The Morgan fingerprint density at radius 1 is 1.26 bits per heavy atom. The van der Waals surface area contributed by atoms with E-state index in [2.05, 4.69) is 0 Å². The van der Waals surface area contributed by atoms with Crippen LogP contribution in [0.15, 0.2) is 42.5 Å². The molecule has 138 valence electrons. The number of benzene rings is 2. The molecular formula is C21H22BNO4. The SMILES string of the molecule is CC(=O)c1cccc2c1OB(O)[C@@H](CC(=O)c1cccc(C3(N)CC3)c1)C2. The minimum absolute atomic E-state index is 0.0417. The van der Waals surface area contributed by atoms with Crippen LogP contribution in [0, 0.1) is 0 Å². The molecule has 1 atom stereocenters. The normalized spacial score (nSPS) is 19.8. The summed E-state index contributed by atoms with van der Waals surface area (Å²) in [6.45, 7) is 1.47. The zero-order chi connectivity index (χ0) is 19.2. The summed E-state index contributed by atoms with van der Waals surface area (Å²) in [7, 11) is -1.12. The molecule has 1 heterocycles. The summed E-state index contributed by atoms with van der Waals surface area (Å²) in [4.78, 5) is 24.5. The van der Waals surface area contributed by atoms with Crippen LogP contribution in [0.1, 0.15) is 58.0 Å². The number of rotatable bonds is 5. The fraction of sp³-hybridized carbons (Fsp3) is 0.333. The molecule has 1 aliphatic heterocycles.